The Hall–Kier alpha value is -1.22. The lowest BCUT2D eigenvalue weighted by Gasteiger charge is -2.27. The van der Waals surface area contributed by atoms with Crippen molar-refractivity contribution in [1.82, 2.24) is 0 Å². The summed E-state index contributed by atoms with van der Waals surface area (Å²) >= 11 is 6.30. The Kier molecular flexibility index (Phi) is 3.41. The summed E-state index contributed by atoms with van der Waals surface area (Å²) in [4.78, 5) is 11.6. The van der Waals surface area contributed by atoms with Gasteiger partial charge in [-0.1, -0.05) is 24.1 Å². The number of halogens is 1. The second kappa shape index (κ2) is 4.96. The molecule has 0 heterocycles. The molecule has 1 aromatic rings. The van der Waals surface area contributed by atoms with Gasteiger partial charge in [0, 0.05) is 5.56 Å². The minimum atomic E-state index is -0.773. The maximum absolute atomic E-state index is 11.6. The summed E-state index contributed by atoms with van der Waals surface area (Å²) in [6, 6.07) is 3.77. The lowest BCUT2D eigenvalue weighted by molar-refractivity contribution is -0.140. The number of rotatable bonds is 5. The Morgan fingerprint density at radius 1 is 1.45 bits per heavy atom. The van der Waals surface area contributed by atoms with Crippen LogP contribution in [0.2, 0.25) is 5.02 Å². The van der Waals surface area contributed by atoms with Crippen molar-refractivity contribution in [2.75, 3.05) is 6.61 Å². The van der Waals surface area contributed by atoms with Gasteiger partial charge < -0.3 is 9.84 Å². The van der Waals surface area contributed by atoms with E-state index >= 15 is 0 Å². The van der Waals surface area contributed by atoms with Crippen LogP contribution in [0, 0.1) is 12.8 Å². The van der Waals surface area contributed by atoms with Gasteiger partial charge in [0.1, 0.15) is 5.75 Å². The maximum Gasteiger partial charge on any atom is 0.314 e. The molecule has 0 bridgehead atoms. The number of hydrogen-bond donors (Lipinski definition) is 1. The summed E-state index contributed by atoms with van der Waals surface area (Å²) in [6.07, 6.45) is 5.00. The van der Waals surface area contributed by atoms with Crippen molar-refractivity contribution in [3.8, 4) is 5.75 Å². The zero-order valence-corrected chi connectivity index (χ0v) is 12.4. The molecule has 0 unspecified atom stereocenters. The van der Waals surface area contributed by atoms with E-state index in [4.69, 9.17) is 16.3 Å². The number of benzene rings is 1. The number of carboxylic acids is 1. The fourth-order valence-corrected chi connectivity index (χ4v) is 3.14. The molecule has 4 heteroatoms. The van der Waals surface area contributed by atoms with Crippen molar-refractivity contribution in [2.45, 2.75) is 44.4 Å². The molecule has 1 aromatic carbocycles. The third-order valence-electron chi connectivity index (χ3n) is 4.55. The van der Waals surface area contributed by atoms with E-state index in [1.807, 2.05) is 19.1 Å². The van der Waals surface area contributed by atoms with Crippen LogP contribution < -0.4 is 4.74 Å². The first-order valence-corrected chi connectivity index (χ1v) is 7.57. The first-order chi connectivity index (χ1) is 9.53. The molecule has 0 amide bonds. The molecule has 0 saturated heterocycles. The van der Waals surface area contributed by atoms with E-state index in [9.17, 15) is 9.90 Å². The molecule has 0 atom stereocenters. The molecule has 2 fully saturated rings. The molecule has 0 aromatic heterocycles. The first kappa shape index (κ1) is 13.7. The highest BCUT2D eigenvalue weighted by atomic mass is 35.5. The highest BCUT2D eigenvalue weighted by Gasteiger charge is 2.53. The largest absolute Gasteiger partial charge is 0.491 e. The van der Waals surface area contributed by atoms with Gasteiger partial charge >= 0.3 is 5.97 Å². The average Bonchev–Trinajstić information content (AvgIpc) is 3.10. The quantitative estimate of drug-likeness (QED) is 0.894. The standard InChI is InChI=1S/C16H19ClO3/c1-10-7-12(16(5-6-16)15(18)19)14(13(17)8-10)20-9-11-3-2-4-11/h7-8,11H,2-6,9H2,1H3,(H,18,19). The van der Waals surface area contributed by atoms with E-state index in [0.29, 0.717) is 36.1 Å². The van der Waals surface area contributed by atoms with Gasteiger partial charge in [0.2, 0.25) is 0 Å². The third-order valence-corrected chi connectivity index (χ3v) is 4.83. The van der Waals surface area contributed by atoms with Crippen LogP contribution in [0.5, 0.6) is 5.75 Å². The van der Waals surface area contributed by atoms with Crippen LogP contribution in [-0.2, 0) is 10.2 Å². The van der Waals surface area contributed by atoms with Gasteiger partial charge in [-0.15, -0.1) is 0 Å². The lowest BCUT2D eigenvalue weighted by atomic mass is 9.86. The van der Waals surface area contributed by atoms with Crippen LogP contribution in [0.1, 0.15) is 43.2 Å². The number of carbonyl (C=O) groups is 1. The molecule has 1 N–H and O–H groups in total. The molecule has 108 valence electrons. The summed E-state index contributed by atoms with van der Waals surface area (Å²) in [6.45, 7) is 2.58. The van der Waals surface area contributed by atoms with Crippen molar-refractivity contribution < 1.29 is 14.6 Å². The van der Waals surface area contributed by atoms with Gasteiger partial charge in [-0.25, -0.2) is 0 Å². The highest BCUT2D eigenvalue weighted by molar-refractivity contribution is 6.32. The van der Waals surface area contributed by atoms with Crippen molar-refractivity contribution in [3.63, 3.8) is 0 Å². The van der Waals surface area contributed by atoms with Crippen molar-refractivity contribution in [2.24, 2.45) is 5.92 Å². The second-order valence-corrected chi connectivity index (χ2v) is 6.53. The summed E-state index contributed by atoms with van der Waals surface area (Å²) in [5, 5.41) is 10.0. The van der Waals surface area contributed by atoms with Crippen LogP contribution in [0.15, 0.2) is 12.1 Å². The van der Waals surface area contributed by atoms with E-state index < -0.39 is 11.4 Å². The minimum absolute atomic E-state index is 0.534. The number of aryl methyl sites for hydroxylation is 1. The molecule has 3 nitrogen and oxygen atoms in total. The summed E-state index contributed by atoms with van der Waals surface area (Å²) in [5.74, 6) is 0.414. The third kappa shape index (κ3) is 2.28. The molecule has 3 rings (SSSR count). The van der Waals surface area contributed by atoms with Crippen molar-refractivity contribution >= 4 is 17.6 Å². The molecule has 20 heavy (non-hydrogen) atoms. The predicted octanol–water partition coefficient (Wildman–Crippen LogP) is 3.94. The molecular weight excluding hydrogens is 276 g/mol. The molecule has 2 aliphatic carbocycles. The van der Waals surface area contributed by atoms with Gasteiger partial charge in [0.15, 0.2) is 0 Å². The average molecular weight is 295 g/mol. The van der Waals surface area contributed by atoms with Gasteiger partial charge in [-0.2, -0.15) is 0 Å². The van der Waals surface area contributed by atoms with E-state index in [1.165, 1.54) is 19.3 Å². The normalized spacial score (nSPS) is 20.3. The highest BCUT2D eigenvalue weighted by Crippen LogP contribution is 2.53. The SMILES string of the molecule is Cc1cc(Cl)c(OCC2CCC2)c(C2(C(=O)O)CC2)c1. The van der Waals surface area contributed by atoms with Gasteiger partial charge in [0.25, 0.3) is 0 Å². The van der Waals surface area contributed by atoms with Gasteiger partial charge in [0.05, 0.1) is 17.0 Å². The smallest absolute Gasteiger partial charge is 0.314 e. The molecule has 2 aliphatic rings. The van der Waals surface area contributed by atoms with E-state index in [-0.39, 0.29) is 0 Å². The van der Waals surface area contributed by atoms with E-state index in [2.05, 4.69) is 0 Å². The number of ether oxygens (including phenoxy) is 1. The number of aliphatic carboxylic acids is 1. The van der Waals surface area contributed by atoms with Crippen LogP contribution in [0.3, 0.4) is 0 Å². The number of hydrogen-bond acceptors (Lipinski definition) is 2. The lowest BCUT2D eigenvalue weighted by Crippen LogP contribution is -2.23. The molecule has 2 saturated carbocycles. The fourth-order valence-electron chi connectivity index (χ4n) is 2.82. The molecule has 0 radical (unpaired) electrons. The topological polar surface area (TPSA) is 46.5 Å². The Balaban J connectivity index is 1.92. The summed E-state index contributed by atoms with van der Waals surface area (Å²) < 4.78 is 5.91. The van der Waals surface area contributed by atoms with Crippen LogP contribution >= 0.6 is 11.6 Å². The van der Waals surface area contributed by atoms with Gasteiger partial charge in [-0.3, -0.25) is 4.79 Å². The fraction of sp³-hybridized carbons (Fsp3) is 0.562. The molecule has 0 spiro atoms. The van der Waals surface area contributed by atoms with Crippen molar-refractivity contribution in [3.05, 3.63) is 28.3 Å². The first-order valence-electron chi connectivity index (χ1n) is 7.20. The Morgan fingerprint density at radius 3 is 2.65 bits per heavy atom. The minimum Gasteiger partial charge on any atom is -0.491 e. The summed E-state index contributed by atoms with van der Waals surface area (Å²) in [7, 11) is 0. The maximum atomic E-state index is 11.6. The van der Waals surface area contributed by atoms with Crippen LogP contribution in [-0.4, -0.2) is 17.7 Å². The van der Waals surface area contributed by atoms with Crippen molar-refractivity contribution in [1.29, 1.82) is 0 Å². The zero-order chi connectivity index (χ0) is 14.3. The zero-order valence-electron chi connectivity index (χ0n) is 11.6. The molecular formula is C16H19ClO3. The summed E-state index contributed by atoms with van der Waals surface area (Å²) in [5.41, 5.74) is 0.966. The second-order valence-electron chi connectivity index (χ2n) is 6.12. The number of carboxylic acid groups (broad SMARTS) is 1. The van der Waals surface area contributed by atoms with E-state index in [1.54, 1.807) is 0 Å². The van der Waals surface area contributed by atoms with Gasteiger partial charge in [-0.05, 0) is 50.2 Å². The Morgan fingerprint density at radius 2 is 2.15 bits per heavy atom. The van der Waals surface area contributed by atoms with Crippen LogP contribution in [0.4, 0.5) is 0 Å². The molecule has 0 aliphatic heterocycles. The Bertz CT molecular complexity index is 545. The van der Waals surface area contributed by atoms with E-state index in [0.717, 1.165) is 11.1 Å². The van der Waals surface area contributed by atoms with Crippen LogP contribution in [0.25, 0.3) is 0 Å². The monoisotopic (exact) mass is 294 g/mol. The predicted molar refractivity (Wildman–Crippen MR) is 77.6 cm³/mol. The Labute approximate surface area is 123 Å².